The maximum absolute atomic E-state index is 11.1. The van der Waals surface area contributed by atoms with Gasteiger partial charge in [-0.1, -0.05) is 32.4 Å². The zero-order chi connectivity index (χ0) is 24.8. The Bertz CT molecular complexity index is 1140. The van der Waals surface area contributed by atoms with Crippen molar-refractivity contribution in [3.63, 3.8) is 0 Å². The summed E-state index contributed by atoms with van der Waals surface area (Å²) in [6.45, 7) is 8.65. The number of hydrogen-bond donors (Lipinski definition) is 2. The quantitative estimate of drug-likeness (QED) is 0.350. The Morgan fingerprint density at radius 1 is 1.06 bits per heavy atom. The van der Waals surface area contributed by atoms with Gasteiger partial charge < -0.3 is 15.5 Å². The summed E-state index contributed by atoms with van der Waals surface area (Å²) in [6.07, 6.45) is 9.34. The third-order valence-corrected chi connectivity index (χ3v) is 6.79. The first-order chi connectivity index (χ1) is 16.9. The van der Waals surface area contributed by atoms with Gasteiger partial charge in [-0.05, 0) is 80.0 Å². The Morgan fingerprint density at radius 3 is 2.60 bits per heavy atom. The number of nitro benzene ring substituents is 1. The monoisotopic (exact) mass is 473 g/mol. The highest BCUT2D eigenvalue weighted by atomic mass is 16.6. The smallest absolute Gasteiger partial charge is 0.271 e. The molecule has 2 aliphatic rings. The van der Waals surface area contributed by atoms with Gasteiger partial charge in [-0.25, -0.2) is 4.99 Å². The van der Waals surface area contributed by atoms with Gasteiger partial charge in [0, 0.05) is 42.3 Å². The number of allylic oxidation sites excluding steroid dienone is 2. The van der Waals surface area contributed by atoms with Gasteiger partial charge in [0.1, 0.15) is 11.7 Å². The van der Waals surface area contributed by atoms with Crippen molar-refractivity contribution < 1.29 is 4.92 Å². The van der Waals surface area contributed by atoms with E-state index in [2.05, 4.69) is 65.8 Å². The number of nitrogens with zero attached hydrogens (tertiary/aromatic N) is 3. The molecule has 2 atom stereocenters. The van der Waals surface area contributed by atoms with Crippen molar-refractivity contribution in [2.45, 2.75) is 46.5 Å². The van der Waals surface area contributed by atoms with Crippen molar-refractivity contribution in [1.82, 2.24) is 0 Å². The molecule has 35 heavy (non-hydrogen) atoms. The van der Waals surface area contributed by atoms with Crippen LogP contribution in [0.5, 0.6) is 0 Å². The van der Waals surface area contributed by atoms with Crippen molar-refractivity contribution in [1.29, 1.82) is 0 Å². The fourth-order valence-electron chi connectivity index (χ4n) is 4.78. The van der Waals surface area contributed by atoms with Crippen LogP contribution in [-0.2, 0) is 0 Å². The van der Waals surface area contributed by atoms with Crippen molar-refractivity contribution in [3.8, 4) is 0 Å². The standard InChI is InChI=1S/C28H35N5O2/c1-4-22-7-6-15-32(16-14-22)25-12-10-23(11-13-25)29-27-18-20(2)17-21(3)28(31-27)30-24-8-5-9-26(19-24)33(34)35/h5,8-13,17-20,22,29H,4,6-7,14-16H2,1-3H3,(H,30,31). The van der Waals surface area contributed by atoms with E-state index in [9.17, 15) is 10.1 Å². The highest BCUT2D eigenvalue weighted by Gasteiger charge is 2.17. The molecular formula is C28H35N5O2. The summed E-state index contributed by atoms with van der Waals surface area (Å²) in [5.74, 6) is 2.45. The minimum absolute atomic E-state index is 0.0443. The summed E-state index contributed by atoms with van der Waals surface area (Å²) in [5, 5.41) is 17.9. The van der Waals surface area contributed by atoms with Gasteiger partial charge in [0.25, 0.3) is 5.69 Å². The average Bonchev–Trinajstić information content (AvgIpc) is 3.16. The first kappa shape index (κ1) is 24.5. The van der Waals surface area contributed by atoms with Crippen LogP contribution in [0.15, 0.2) is 77.1 Å². The number of nitrogens with one attached hydrogen (secondary N) is 2. The Morgan fingerprint density at radius 2 is 1.86 bits per heavy atom. The Labute approximate surface area is 207 Å². The highest BCUT2D eigenvalue weighted by molar-refractivity contribution is 6.08. The van der Waals surface area contributed by atoms with Gasteiger partial charge >= 0.3 is 0 Å². The molecule has 2 unspecified atom stereocenters. The summed E-state index contributed by atoms with van der Waals surface area (Å²) in [7, 11) is 0. The molecule has 0 aromatic heterocycles. The normalized spacial score (nSPS) is 20.7. The number of anilines is 3. The Kier molecular flexibility index (Phi) is 7.85. The van der Waals surface area contributed by atoms with E-state index in [1.54, 1.807) is 12.1 Å². The molecule has 0 spiro atoms. The van der Waals surface area contributed by atoms with Gasteiger partial charge in [-0.2, -0.15) is 0 Å². The van der Waals surface area contributed by atoms with E-state index in [0.717, 1.165) is 36.1 Å². The average molecular weight is 474 g/mol. The zero-order valence-electron chi connectivity index (χ0n) is 20.8. The van der Waals surface area contributed by atoms with E-state index in [4.69, 9.17) is 4.99 Å². The number of benzene rings is 2. The summed E-state index contributed by atoms with van der Waals surface area (Å²) in [4.78, 5) is 18.1. The number of non-ortho nitro benzene ring substituents is 1. The second-order valence-corrected chi connectivity index (χ2v) is 9.52. The maximum atomic E-state index is 11.1. The number of nitro groups is 1. The number of amidine groups is 1. The first-order valence-corrected chi connectivity index (χ1v) is 12.5. The molecule has 2 aromatic rings. The van der Waals surface area contributed by atoms with E-state index in [0.29, 0.717) is 11.5 Å². The Hall–Kier alpha value is -3.61. The molecule has 0 saturated carbocycles. The van der Waals surface area contributed by atoms with Crippen molar-refractivity contribution in [2.24, 2.45) is 16.8 Å². The SMILES string of the molecule is CCC1CCCN(c2ccc(NC3=CC(C)C=C(C)C(Nc4cccc([N+](=O)[O-])c4)=N3)cc2)CC1. The molecule has 1 fully saturated rings. The first-order valence-electron chi connectivity index (χ1n) is 12.5. The molecule has 2 N–H and O–H groups in total. The molecule has 4 rings (SSSR count). The van der Waals surface area contributed by atoms with Gasteiger partial charge in [0.2, 0.25) is 0 Å². The minimum atomic E-state index is -0.394. The predicted molar refractivity (Wildman–Crippen MR) is 145 cm³/mol. The van der Waals surface area contributed by atoms with Crippen molar-refractivity contribution in [3.05, 3.63) is 82.2 Å². The van der Waals surface area contributed by atoms with Crippen LogP contribution in [0, 0.1) is 22.0 Å². The van der Waals surface area contributed by atoms with Crippen LogP contribution in [0.25, 0.3) is 0 Å². The van der Waals surface area contributed by atoms with Gasteiger partial charge in [-0.15, -0.1) is 0 Å². The fraction of sp³-hybridized carbons (Fsp3) is 0.393. The molecule has 184 valence electrons. The number of hydrogen-bond acceptors (Lipinski definition) is 6. The summed E-state index contributed by atoms with van der Waals surface area (Å²) >= 11 is 0. The molecule has 7 heteroatoms. The van der Waals surface area contributed by atoms with E-state index in [-0.39, 0.29) is 11.6 Å². The van der Waals surface area contributed by atoms with Crippen LogP contribution >= 0.6 is 0 Å². The van der Waals surface area contributed by atoms with Crippen LogP contribution in [0.2, 0.25) is 0 Å². The molecule has 0 amide bonds. The molecule has 2 heterocycles. The van der Waals surface area contributed by atoms with Gasteiger partial charge in [0.05, 0.1) is 4.92 Å². The minimum Gasteiger partial charge on any atom is -0.372 e. The largest absolute Gasteiger partial charge is 0.372 e. The van der Waals surface area contributed by atoms with Crippen LogP contribution in [0.3, 0.4) is 0 Å². The van der Waals surface area contributed by atoms with Crippen LogP contribution in [0.1, 0.15) is 46.5 Å². The lowest BCUT2D eigenvalue weighted by Crippen LogP contribution is -2.24. The number of aliphatic imine (C=N–C) groups is 1. The molecule has 2 aromatic carbocycles. The summed E-state index contributed by atoms with van der Waals surface area (Å²) in [5.41, 5.74) is 3.91. The second-order valence-electron chi connectivity index (χ2n) is 9.52. The topological polar surface area (TPSA) is 82.8 Å². The Balaban J connectivity index is 1.48. The summed E-state index contributed by atoms with van der Waals surface area (Å²) < 4.78 is 0. The molecule has 0 aliphatic carbocycles. The molecule has 2 aliphatic heterocycles. The predicted octanol–water partition coefficient (Wildman–Crippen LogP) is 6.97. The van der Waals surface area contributed by atoms with E-state index >= 15 is 0 Å². The van der Waals surface area contributed by atoms with Crippen molar-refractivity contribution in [2.75, 3.05) is 28.6 Å². The van der Waals surface area contributed by atoms with E-state index < -0.39 is 4.92 Å². The van der Waals surface area contributed by atoms with E-state index in [1.807, 2.05) is 6.92 Å². The number of rotatable bonds is 6. The zero-order valence-corrected chi connectivity index (χ0v) is 20.8. The highest BCUT2D eigenvalue weighted by Crippen LogP contribution is 2.27. The molecule has 1 saturated heterocycles. The lowest BCUT2D eigenvalue weighted by Gasteiger charge is -2.23. The second kappa shape index (κ2) is 11.2. The maximum Gasteiger partial charge on any atom is 0.271 e. The van der Waals surface area contributed by atoms with Crippen LogP contribution < -0.4 is 15.5 Å². The lowest BCUT2D eigenvalue weighted by molar-refractivity contribution is -0.384. The van der Waals surface area contributed by atoms with Crippen molar-refractivity contribution >= 4 is 28.6 Å². The van der Waals surface area contributed by atoms with E-state index in [1.165, 1.54) is 43.5 Å². The van der Waals surface area contributed by atoms with Crippen LogP contribution in [-0.4, -0.2) is 23.8 Å². The fourth-order valence-corrected chi connectivity index (χ4v) is 4.78. The molecule has 0 radical (unpaired) electrons. The summed E-state index contributed by atoms with van der Waals surface area (Å²) in [6, 6.07) is 15.1. The third kappa shape index (κ3) is 6.50. The third-order valence-electron chi connectivity index (χ3n) is 6.79. The van der Waals surface area contributed by atoms with Crippen LogP contribution in [0.4, 0.5) is 22.7 Å². The molecule has 0 bridgehead atoms. The van der Waals surface area contributed by atoms with Gasteiger partial charge in [-0.3, -0.25) is 10.1 Å². The molecular weight excluding hydrogens is 438 g/mol. The van der Waals surface area contributed by atoms with Gasteiger partial charge in [0.15, 0.2) is 0 Å². The molecule has 7 nitrogen and oxygen atoms in total. The lowest BCUT2D eigenvalue weighted by atomic mass is 9.98.